The minimum absolute atomic E-state index is 0.0678. The molecular formula is C14H23N3O. The van der Waals surface area contributed by atoms with Gasteiger partial charge in [-0.3, -0.25) is 4.79 Å². The fourth-order valence-corrected chi connectivity index (χ4v) is 2.67. The molecule has 4 nitrogen and oxygen atoms in total. The van der Waals surface area contributed by atoms with Crippen molar-refractivity contribution in [1.82, 2.24) is 9.88 Å². The van der Waals surface area contributed by atoms with Crippen molar-refractivity contribution in [2.24, 2.45) is 12.8 Å². The molecule has 0 atom stereocenters. The average molecular weight is 249 g/mol. The number of carbonyl (C=O) groups is 1. The first-order valence-corrected chi connectivity index (χ1v) is 6.67. The summed E-state index contributed by atoms with van der Waals surface area (Å²) in [5.41, 5.74) is 8.26. The second-order valence-electron chi connectivity index (χ2n) is 5.55. The molecule has 0 saturated heterocycles. The van der Waals surface area contributed by atoms with Crippen LogP contribution in [0.15, 0.2) is 12.1 Å². The van der Waals surface area contributed by atoms with Crippen molar-refractivity contribution in [2.75, 3.05) is 0 Å². The molecule has 1 aromatic heterocycles. The Kier molecular flexibility index (Phi) is 3.76. The van der Waals surface area contributed by atoms with Gasteiger partial charge in [0.1, 0.15) is 0 Å². The van der Waals surface area contributed by atoms with E-state index in [1.54, 1.807) is 0 Å². The molecule has 0 unspecified atom stereocenters. The van der Waals surface area contributed by atoms with E-state index in [1.165, 1.54) is 5.69 Å². The third-order valence-electron chi connectivity index (χ3n) is 4.06. The van der Waals surface area contributed by atoms with Crippen molar-refractivity contribution in [2.45, 2.75) is 51.1 Å². The molecule has 0 aromatic carbocycles. The van der Waals surface area contributed by atoms with Gasteiger partial charge < -0.3 is 15.6 Å². The first kappa shape index (κ1) is 13.1. The summed E-state index contributed by atoms with van der Waals surface area (Å²) in [5.74, 6) is 0.0678. The van der Waals surface area contributed by atoms with Crippen LogP contribution in [0.1, 0.15) is 43.5 Å². The summed E-state index contributed by atoms with van der Waals surface area (Å²) >= 11 is 0. The highest BCUT2D eigenvalue weighted by molar-refractivity contribution is 5.77. The number of rotatable bonds is 4. The topological polar surface area (TPSA) is 60.1 Å². The lowest BCUT2D eigenvalue weighted by Crippen LogP contribution is -2.42. The van der Waals surface area contributed by atoms with Gasteiger partial charge in [-0.15, -0.1) is 0 Å². The molecule has 1 heterocycles. The molecule has 2 rings (SSSR count). The van der Waals surface area contributed by atoms with Crippen molar-refractivity contribution in [3.8, 4) is 0 Å². The maximum absolute atomic E-state index is 11.9. The fraction of sp³-hybridized carbons (Fsp3) is 0.643. The highest BCUT2D eigenvalue weighted by Gasteiger charge is 2.31. The summed E-state index contributed by atoms with van der Waals surface area (Å²) in [6.45, 7) is 2.64. The number of nitrogens with one attached hydrogen (secondary N) is 1. The SMILES string of the molecule is Cc1ccc(CNC(=O)CC2(N)CCCC2)n1C. The molecule has 1 aliphatic rings. The van der Waals surface area contributed by atoms with Crippen molar-refractivity contribution in [1.29, 1.82) is 0 Å². The Morgan fingerprint density at radius 1 is 1.44 bits per heavy atom. The lowest BCUT2D eigenvalue weighted by molar-refractivity contribution is -0.122. The molecule has 1 aromatic rings. The lowest BCUT2D eigenvalue weighted by Gasteiger charge is -2.22. The van der Waals surface area contributed by atoms with E-state index in [4.69, 9.17) is 5.73 Å². The Balaban J connectivity index is 1.83. The van der Waals surface area contributed by atoms with Crippen molar-refractivity contribution in [3.05, 3.63) is 23.5 Å². The van der Waals surface area contributed by atoms with E-state index in [0.717, 1.165) is 31.4 Å². The first-order chi connectivity index (χ1) is 8.50. The molecule has 1 saturated carbocycles. The van der Waals surface area contributed by atoms with Crippen LogP contribution >= 0.6 is 0 Å². The zero-order chi connectivity index (χ0) is 13.2. The minimum atomic E-state index is -0.256. The lowest BCUT2D eigenvalue weighted by atomic mass is 9.94. The zero-order valence-corrected chi connectivity index (χ0v) is 11.3. The quantitative estimate of drug-likeness (QED) is 0.851. The summed E-state index contributed by atoms with van der Waals surface area (Å²) in [6, 6.07) is 4.10. The monoisotopic (exact) mass is 249 g/mol. The first-order valence-electron chi connectivity index (χ1n) is 6.67. The van der Waals surface area contributed by atoms with Crippen LogP contribution in [0.25, 0.3) is 0 Å². The Labute approximate surface area is 109 Å². The molecule has 0 radical (unpaired) electrons. The van der Waals surface area contributed by atoms with Crippen LogP contribution < -0.4 is 11.1 Å². The number of amides is 1. The molecule has 1 amide bonds. The Bertz CT molecular complexity index is 430. The average Bonchev–Trinajstić information content (AvgIpc) is 2.86. The van der Waals surface area contributed by atoms with Crippen molar-refractivity contribution in [3.63, 3.8) is 0 Å². The number of aromatic nitrogens is 1. The predicted octanol–water partition coefficient (Wildman–Crippen LogP) is 1.61. The number of nitrogens with two attached hydrogens (primary N) is 1. The molecule has 1 aliphatic carbocycles. The molecule has 0 aliphatic heterocycles. The zero-order valence-electron chi connectivity index (χ0n) is 11.3. The van der Waals surface area contributed by atoms with Crippen molar-refractivity contribution >= 4 is 5.91 Å². The number of hydrogen-bond donors (Lipinski definition) is 2. The summed E-state index contributed by atoms with van der Waals surface area (Å²) < 4.78 is 2.09. The van der Waals surface area contributed by atoms with E-state index in [2.05, 4.69) is 22.9 Å². The molecule has 4 heteroatoms. The van der Waals surface area contributed by atoms with Crippen LogP contribution in [0.2, 0.25) is 0 Å². The smallest absolute Gasteiger partial charge is 0.222 e. The Hall–Kier alpha value is -1.29. The van der Waals surface area contributed by atoms with Gasteiger partial charge in [-0.1, -0.05) is 12.8 Å². The van der Waals surface area contributed by atoms with Gasteiger partial charge in [-0.05, 0) is 31.9 Å². The number of hydrogen-bond acceptors (Lipinski definition) is 2. The van der Waals surface area contributed by atoms with Crippen LogP contribution in [-0.2, 0) is 18.4 Å². The minimum Gasteiger partial charge on any atom is -0.350 e. The molecule has 18 heavy (non-hydrogen) atoms. The second-order valence-corrected chi connectivity index (χ2v) is 5.55. The normalized spacial score (nSPS) is 17.9. The maximum atomic E-state index is 11.9. The van der Waals surface area contributed by atoms with Gasteiger partial charge >= 0.3 is 0 Å². The van der Waals surface area contributed by atoms with Crippen LogP contribution in [-0.4, -0.2) is 16.0 Å². The highest BCUT2D eigenvalue weighted by Crippen LogP contribution is 2.29. The maximum Gasteiger partial charge on any atom is 0.222 e. The van der Waals surface area contributed by atoms with E-state index in [1.807, 2.05) is 13.1 Å². The highest BCUT2D eigenvalue weighted by atomic mass is 16.1. The number of carbonyl (C=O) groups excluding carboxylic acids is 1. The molecule has 1 fully saturated rings. The number of nitrogens with zero attached hydrogens (tertiary/aromatic N) is 1. The third kappa shape index (κ3) is 2.93. The van der Waals surface area contributed by atoms with E-state index >= 15 is 0 Å². The van der Waals surface area contributed by atoms with Gasteiger partial charge in [-0.25, -0.2) is 0 Å². The van der Waals surface area contributed by atoms with Gasteiger partial charge in [0.15, 0.2) is 0 Å². The Morgan fingerprint density at radius 3 is 2.67 bits per heavy atom. The largest absolute Gasteiger partial charge is 0.350 e. The molecule has 0 bridgehead atoms. The van der Waals surface area contributed by atoms with Crippen LogP contribution in [0, 0.1) is 6.92 Å². The summed E-state index contributed by atoms with van der Waals surface area (Å²) in [7, 11) is 2.01. The van der Waals surface area contributed by atoms with Gasteiger partial charge in [-0.2, -0.15) is 0 Å². The molecule has 100 valence electrons. The van der Waals surface area contributed by atoms with Crippen molar-refractivity contribution < 1.29 is 4.79 Å². The van der Waals surface area contributed by atoms with E-state index < -0.39 is 0 Å². The summed E-state index contributed by atoms with van der Waals surface area (Å²) in [5, 5.41) is 2.97. The molecule has 0 spiro atoms. The fourth-order valence-electron chi connectivity index (χ4n) is 2.67. The predicted molar refractivity (Wildman–Crippen MR) is 72.0 cm³/mol. The van der Waals surface area contributed by atoms with E-state index in [9.17, 15) is 4.79 Å². The standard InChI is InChI=1S/C14H23N3O/c1-11-5-6-12(17(11)2)10-16-13(18)9-14(15)7-3-4-8-14/h5-6H,3-4,7-10,15H2,1-2H3,(H,16,18). The second kappa shape index (κ2) is 5.14. The summed E-state index contributed by atoms with van der Waals surface area (Å²) in [4.78, 5) is 11.9. The summed E-state index contributed by atoms with van der Waals surface area (Å²) in [6.07, 6.45) is 4.71. The van der Waals surface area contributed by atoms with Gasteiger partial charge in [0.25, 0.3) is 0 Å². The van der Waals surface area contributed by atoms with Gasteiger partial charge in [0.05, 0.1) is 6.54 Å². The van der Waals surface area contributed by atoms with E-state index in [-0.39, 0.29) is 11.4 Å². The van der Waals surface area contributed by atoms with Crippen LogP contribution in [0.4, 0.5) is 0 Å². The number of aryl methyl sites for hydroxylation is 1. The Morgan fingerprint density at radius 2 is 2.11 bits per heavy atom. The molecule has 3 N–H and O–H groups in total. The third-order valence-corrected chi connectivity index (χ3v) is 4.06. The van der Waals surface area contributed by atoms with Gasteiger partial charge in [0.2, 0.25) is 5.91 Å². The van der Waals surface area contributed by atoms with E-state index in [0.29, 0.717) is 13.0 Å². The molecular weight excluding hydrogens is 226 g/mol. The van der Waals surface area contributed by atoms with Crippen LogP contribution in [0.3, 0.4) is 0 Å². The van der Waals surface area contributed by atoms with Crippen LogP contribution in [0.5, 0.6) is 0 Å². The van der Waals surface area contributed by atoms with Gasteiger partial charge in [0, 0.05) is 30.4 Å².